The Morgan fingerprint density at radius 1 is 1.47 bits per heavy atom. The molecule has 3 nitrogen and oxygen atoms in total. The van der Waals surface area contributed by atoms with Crippen molar-refractivity contribution in [2.75, 3.05) is 0 Å². The molecule has 5 heteroatoms. The van der Waals surface area contributed by atoms with Crippen LogP contribution in [0.2, 0.25) is 0 Å². The maximum atomic E-state index is 13.1. The molecule has 1 heterocycles. The maximum absolute atomic E-state index is 13.1. The number of aromatic nitrogens is 2. The highest BCUT2D eigenvalue weighted by Crippen LogP contribution is 2.14. The Bertz CT molecular complexity index is 657. The largest absolute Gasteiger partial charge is 0.331 e. The molecule has 0 fully saturated rings. The van der Waals surface area contributed by atoms with E-state index in [2.05, 4.69) is 4.98 Å². The molecule has 2 rings (SSSR count). The van der Waals surface area contributed by atoms with E-state index in [0.717, 1.165) is 0 Å². The Morgan fingerprint density at radius 3 is 2.80 bits per heavy atom. The molecule has 0 atom stereocenters. The summed E-state index contributed by atoms with van der Waals surface area (Å²) in [6, 6.07) is 2.59. The Hall–Kier alpha value is -1.49. The molecular weight excluding hydrogens is 215 g/mol. The van der Waals surface area contributed by atoms with Crippen LogP contribution in [0, 0.1) is 17.5 Å². The lowest BCUT2D eigenvalue weighted by Gasteiger charge is -2.05. The fourth-order valence-electron chi connectivity index (χ4n) is 1.54. The minimum Gasteiger partial charge on any atom is -0.331 e. The number of aryl methyl sites for hydroxylation is 1. The number of hydrogen-bond donors (Lipinski definition) is 1. The SMILES string of the molecule is Cc1cc(F)cc2c(=O)n(C)c(=S)[nH]c12. The van der Waals surface area contributed by atoms with Crippen molar-refractivity contribution in [3.05, 3.63) is 38.6 Å². The summed E-state index contributed by atoms with van der Waals surface area (Å²) in [5, 5.41) is 0.323. The van der Waals surface area contributed by atoms with Gasteiger partial charge in [0.15, 0.2) is 4.77 Å². The first-order valence-corrected chi connectivity index (χ1v) is 4.80. The summed E-state index contributed by atoms with van der Waals surface area (Å²) >= 11 is 4.97. The lowest BCUT2D eigenvalue weighted by Crippen LogP contribution is -2.19. The highest BCUT2D eigenvalue weighted by Gasteiger charge is 2.06. The number of fused-ring (bicyclic) bond motifs is 1. The summed E-state index contributed by atoms with van der Waals surface area (Å²) in [6.07, 6.45) is 0. The van der Waals surface area contributed by atoms with E-state index in [4.69, 9.17) is 12.2 Å². The van der Waals surface area contributed by atoms with Gasteiger partial charge in [-0.1, -0.05) is 0 Å². The van der Waals surface area contributed by atoms with Crippen LogP contribution >= 0.6 is 12.2 Å². The fourth-order valence-corrected chi connectivity index (χ4v) is 1.73. The first kappa shape index (κ1) is 10.0. The van der Waals surface area contributed by atoms with Gasteiger partial charge in [-0.15, -0.1) is 0 Å². The van der Waals surface area contributed by atoms with Crippen LogP contribution < -0.4 is 5.56 Å². The van der Waals surface area contributed by atoms with E-state index in [1.54, 1.807) is 14.0 Å². The fraction of sp³-hybridized carbons (Fsp3) is 0.200. The summed E-state index contributed by atoms with van der Waals surface area (Å²) in [6.45, 7) is 1.73. The average molecular weight is 224 g/mol. The van der Waals surface area contributed by atoms with Gasteiger partial charge < -0.3 is 4.98 Å². The summed E-state index contributed by atoms with van der Waals surface area (Å²) < 4.78 is 14.7. The van der Waals surface area contributed by atoms with Gasteiger partial charge in [-0.3, -0.25) is 9.36 Å². The van der Waals surface area contributed by atoms with Crippen LogP contribution in [0.25, 0.3) is 10.9 Å². The van der Waals surface area contributed by atoms with Gasteiger partial charge in [0.2, 0.25) is 0 Å². The number of hydrogen-bond acceptors (Lipinski definition) is 2. The van der Waals surface area contributed by atoms with Crippen molar-refractivity contribution >= 4 is 23.1 Å². The molecule has 1 aromatic heterocycles. The van der Waals surface area contributed by atoms with Crippen LogP contribution in [0.4, 0.5) is 4.39 Å². The topological polar surface area (TPSA) is 37.8 Å². The molecule has 0 bridgehead atoms. The Kier molecular flexibility index (Phi) is 2.19. The molecule has 78 valence electrons. The number of benzene rings is 1. The van der Waals surface area contributed by atoms with E-state index in [1.807, 2.05) is 0 Å². The molecule has 0 radical (unpaired) electrons. The lowest BCUT2D eigenvalue weighted by atomic mass is 10.1. The van der Waals surface area contributed by atoms with Crippen molar-refractivity contribution in [2.24, 2.45) is 7.05 Å². The van der Waals surface area contributed by atoms with Gasteiger partial charge in [-0.25, -0.2) is 4.39 Å². The van der Waals surface area contributed by atoms with E-state index < -0.39 is 5.82 Å². The first-order chi connectivity index (χ1) is 7.00. The Balaban J connectivity index is 3.13. The van der Waals surface area contributed by atoms with E-state index in [9.17, 15) is 9.18 Å². The van der Waals surface area contributed by atoms with Crippen LogP contribution in [0.3, 0.4) is 0 Å². The van der Waals surface area contributed by atoms with E-state index in [-0.39, 0.29) is 5.56 Å². The van der Waals surface area contributed by atoms with Gasteiger partial charge in [0.05, 0.1) is 10.9 Å². The highest BCUT2D eigenvalue weighted by atomic mass is 32.1. The number of nitrogens with one attached hydrogen (secondary N) is 1. The van der Waals surface area contributed by atoms with Crippen LogP contribution in [-0.2, 0) is 7.05 Å². The zero-order chi connectivity index (χ0) is 11.2. The first-order valence-electron chi connectivity index (χ1n) is 4.40. The van der Waals surface area contributed by atoms with E-state index in [0.29, 0.717) is 21.2 Å². The molecule has 0 amide bonds. The van der Waals surface area contributed by atoms with Gasteiger partial charge in [0.1, 0.15) is 5.82 Å². The second-order valence-electron chi connectivity index (χ2n) is 3.44. The number of rotatable bonds is 0. The molecule has 0 aliphatic rings. The average Bonchev–Trinajstić information content (AvgIpc) is 2.17. The maximum Gasteiger partial charge on any atom is 0.261 e. The van der Waals surface area contributed by atoms with Crippen LogP contribution in [0.15, 0.2) is 16.9 Å². The monoisotopic (exact) mass is 224 g/mol. The van der Waals surface area contributed by atoms with Crippen molar-refractivity contribution in [3.8, 4) is 0 Å². The smallest absolute Gasteiger partial charge is 0.261 e. The number of halogens is 1. The minimum absolute atomic E-state index is 0.281. The van der Waals surface area contributed by atoms with Crippen molar-refractivity contribution < 1.29 is 4.39 Å². The van der Waals surface area contributed by atoms with Gasteiger partial charge in [0, 0.05) is 7.05 Å². The third kappa shape index (κ3) is 1.48. The molecule has 0 saturated carbocycles. The third-order valence-corrected chi connectivity index (χ3v) is 2.75. The summed E-state index contributed by atoms with van der Waals surface area (Å²) in [4.78, 5) is 14.7. The standard InChI is InChI=1S/C10H9FN2OS/c1-5-3-6(11)4-7-8(5)12-10(15)13(2)9(7)14/h3-4H,1-2H3,(H,12,15). The van der Waals surface area contributed by atoms with E-state index in [1.165, 1.54) is 16.7 Å². The van der Waals surface area contributed by atoms with Crippen molar-refractivity contribution in [2.45, 2.75) is 6.92 Å². The van der Waals surface area contributed by atoms with Crippen LogP contribution in [0.1, 0.15) is 5.56 Å². The molecule has 0 aliphatic carbocycles. The van der Waals surface area contributed by atoms with Crippen LogP contribution in [-0.4, -0.2) is 9.55 Å². The third-order valence-electron chi connectivity index (χ3n) is 2.37. The normalized spacial score (nSPS) is 10.9. The van der Waals surface area contributed by atoms with Gasteiger partial charge in [0.25, 0.3) is 5.56 Å². The zero-order valence-corrected chi connectivity index (χ0v) is 9.11. The van der Waals surface area contributed by atoms with Gasteiger partial charge in [-0.05, 0) is 36.8 Å². The number of aromatic amines is 1. The van der Waals surface area contributed by atoms with Crippen molar-refractivity contribution in [1.29, 1.82) is 0 Å². The Morgan fingerprint density at radius 2 is 2.13 bits per heavy atom. The van der Waals surface area contributed by atoms with E-state index >= 15 is 0 Å². The number of nitrogens with zero attached hydrogens (tertiary/aromatic N) is 1. The summed E-state index contributed by atoms with van der Waals surface area (Å²) in [7, 11) is 1.56. The lowest BCUT2D eigenvalue weighted by molar-refractivity contribution is 0.628. The molecule has 0 aliphatic heterocycles. The predicted octanol–water partition coefficient (Wildman–Crippen LogP) is 2.04. The molecule has 0 saturated heterocycles. The predicted molar refractivity (Wildman–Crippen MR) is 59.1 cm³/mol. The summed E-state index contributed by atoms with van der Waals surface area (Å²) in [5.41, 5.74) is 0.995. The molecule has 15 heavy (non-hydrogen) atoms. The van der Waals surface area contributed by atoms with Crippen LogP contribution in [0.5, 0.6) is 0 Å². The van der Waals surface area contributed by atoms with Crippen molar-refractivity contribution in [3.63, 3.8) is 0 Å². The zero-order valence-electron chi connectivity index (χ0n) is 8.30. The molecule has 1 N–H and O–H groups in total. The second-order valence-corrected chi connectivity index (χ2v) is 3.83. The second kappa shape index (κ2) is 3.27. The van der Waals surface area contributed by atoms with Gasteiger partial charge >= 0.3 is 0 Å². The quantitative estimate of drug-likeness (QED) is 0.695. The molecular formula is C10H9FN2OS. The summed E-state index contributed by atoms with van der Waals surface area (Å²) in [5.74, 6) is -0.414. The highest BCUT2D eigenvalue weighted by molar-refractivity contribution is 7.71. The van der Waals surface area contributed by atoms with Crippen molar-refractivity contribution in [1.82, 2.24) is 9.55 Å². The minimum atomic E-state index is -0.414. The molecule has 2 aromatic rings. The number of H-pyrrole nitrogens is 1. The van der Waals surface area contributed by atoms with Gasteiger partial charge in [-0.2, -0.15) is 0 Å². The Labute approximate surface area is 90.2 Å². The molecule has 0 spiro atoms. The molecule has 0 unspecified atom stereocenters. The molecule has 1 aromatic carbocycles.